The zero-order valence-electron chi connectivity index (χ0n) is 13.7. The summed E-state index contributed by atoms with van der Waals surface area (Å²) in [7, 11) is 0. The number of nitrogens with one attached hydrogen (secondary N) is 1. The van der Waals surface area contributed by atoms with E-state index in [9.17, 15) is 9.59 Å². The van der Waals surface area contributed by atoms with Gasteiger partial charge in [-0.05, 0) is 49.6 Å². The molecule has 1 N–H and O–H groups in total. The number of carbonyl (C=O) groups excluding carboxylic acids is 2. The number of hydrogen-bond acceptors (Lipinski definition) is 2. The van der Waals surface area contributed by atoms with Gasteiger partial charge in [-0.3, -0.25) is 9.59 Å². The Morgan fingerprint density at radius 1 is 1.21 bits per heavy atom. The second kappa shape index (κ2) is 6.65. The number of rotatable bonds is 3. The average Bonchev–Trinajstić information content (AvgIpc) is 2.87. The first-order valence-electron chi connectivity index (χ1n) is 7.92. The normalized spacial score (nSPS) is 16.0. The smallest absolute Gasteiger partial charge is 0.236 e. The molecule has 0 aliphatic carbocycles. The van der Waals surface area contributed by atoms with Crippen LogP contribution in [0.25, 0.3) is 0 Å². The maximum absolute atomic E-state index is 12.6. The summed E-state index contributed by atoms with van der Waals surface area (Å²) in [5, 5.41) is 3.36. The highest BCUT2D eigenvalue weighted by molar-refractivity contribution is 6.31. The molecule has 1 aliphatic rings. The van der Waals surface area contributed by atoms with Crippen LogP contribution in [0.15, 0.2) is 42.5 Å². The van der Waals surface area contributed by atoms with Crippen LogP contribution in [0.5, 0.6) is 0 Å². The molecule has 0 radical (unpaired) electrons. The van der Waals surface area contributed by atoms with Crippen LogP contribution in [-0.2, 0) is 16.0 Å². The Hall–Kier alpha value is -2.33. The number of carbonyl (C=O) groups is 2. The number of hydrogen-bond donors (Lipinski definition) is 1. The molecule has 1 unspecified atom stereocenters. The summed E-state index contributed by atoms with van der Waals surface area (Å²) in [5.41, 5.74) is 3.47. The SMILES string of the molecule is Cc1c(Cl)cccc1NC(=O)CC(=O)N1c2ccccc2CC1C. The number of para-hydroxylation sites is 1. The molecule has 5 heteroatoms. The van der Waals surface area contributed by atoms with E-state index in [1.165, 1.54) is 0 Å². The molecule has 2 aromatic rings. The third-order valence-electron chi connectivity index (χ3n) is 4.33. The molecule has 2 amide bonds. The third-order valence-corrected chi connectivity index (χ3v) is 4.74. The molecule has 0 bridgehead atoms. The minimum atomic E-state index is -0.332. The predicted molar refractivity (Wildman–Crippen MR) is 96.5 cm³/mol. The number of fused-ring (bicyclic) bond motifs is 1. The molecular weight excluding hydrogens is 324 g/mol. The molecule has 0 fully saturated rings. The van der Waals surface area contributed by atoms with Crippen molar-refractivity contribution in [1.82, 2.24) is 0 Å². The highest BCUT2D eigenvalue weighted by Crippen LogP contribution is 2.32. The van der Waals surface area contributed by atoms with Crippen LogP contribution in [0, 0.1) is 6.92 Å². The van der Waals surface area contributed by atoms with Gasteiger partial charge < -0.3 is 10.2 Å². The van der Waals surface area contributed by atoms with Crippen molar-refractivity contribution in [3.8, 4) is 0 Å². The lowest BCUT2D eigenvalue weighted by atomic mass is 10.1. The molecule has 2 aromatic carbocycles. The van der Waals surface area contributed by atoms with Gasteiger partial charge in [0.15, 0.2) is 0 Å². The first kappa shape index (κ1) is 16.5. The molecule has 0 aromatic heterocycles. The van der Waals surface area contributed by atoms with Crippen molar-refractivity contribution in [3.05, 3.63) is 58.6 Å². The largest absolute Gasteiger partial charge is 0.325 e. The molecule has 1 atom stereocenters. The Balaban J connectivity index is 1.71. The molecular formula is C19H19ClN2O2. The summed E-state index contributed by atoms with van der Waals surface area (Å²) in [6.07, 6.45) is 0.627. The van der Waals surface area contributed by atoms with Gasteiger partial charge in [-0.1, -0.05) is 35.9 Å². The Kier molecular flexibility index (Phi) is 4.58. The standard InChI is InChI=1S/C19H19ClN2O2/c1-12-10-14-6-3-4-9-17(14)22(12)19(24)11-18(23)21-16-8-5-7-15(20)13(16)2/h3-9,12H,10-11H2,1-2H3,(H,21,23). The fourth-order valence-electron chi connectivity index (χ4n) is 3.11. The Morgan fingerprint density at radius 3 is 2.75 bits per heavy atom. The second-order valence-corrected chi connectivity index (χ2v) is 6.49. The van der Waals surface area contributed by atoms with E-state index in [2.05, 4.69) is 5.32 Å². The lowest BCUT2D eigenvalue weighted by Crippen LogP contribution is -2.37. The van der Waals surface area contributed by atoms with Crippen LogP contribution in [-0.4, -0.2) is 17.9 Å². The minimum Gasteiger partial charge on any atom is -0.325 e. The molecule has 1 heterocycles. The van der Waals surface area contributed by atoms with E-state index in [0.717, 1.165) is 23.2 Å². The number of amides is 2. The number of benzene rings is 2. The maximum atomic E-state index is 12.6. The zero-order chi connectivity index (χ0) is 17.3. The lowest BCUT2D eigenvalue weighted by Gasteiger charge is -2.22. The number of nitrogens with zero attached hydrogens (tertiary/aromatic N) is 1. The highest BCUT2D eigenvalue weighted by atomic mass is 35.5. The molecule has 4 nitrogen and oxygen atoms in total. The monoisotopic (exact) mass is 342 g/mol. The summed E-state index contributed by atoms with van der Waals surface area (Å²) < 4.78 is 0. The van der Waals surface area contributed by atoms with Gasteiger partial charge in [0.25, 0.3) is 0 Å². The molecule has 0 spiro atoms. The van der Waals surface area contributed by atoms with Crippen molar-refractivity contribution >= 4 is 34.8 Å². The summed E-state index contributed by atoms with van der Waals surface area (Å²) in [6.45, 7) is 3.83. The molecule has 24 heavy (non-hydrogen) atoms. The van der Waals surface area contributed by atoms with Gasteiger partial charge in [0, 0.05) is 22.4 Å². The first-order chi connectivity index (χ1) is 11.5. The number of halogens is 1. The average molecular weight is 343 g/mol. The third kappa shape index (κ3) is 3.15. The van der Waals surface area contributed by atoms with Crippen molar-refractivity contribution in [1.29, 1.82) is 0 Å². The van der Waals surface area contributed by atoms with Gasteiger partial charge in [0.05, 0.1) is 0 Å². The second-order valence-electron chi connectivity index (χ2n) is 6.08. The van der Waals surface area contributed by atoms with E-state index in [4.69, 9.17) is 11.6 Å². The van der Waals surface area contributed by atoms with E-state index in [1.807, 2.05) is 38.1 Å². The Morgan fingerprint density at radius 2 is 1.96 bits per heavy atom. The van der Waals surface area contributed by atoms with Crippen LogP contribution in [0.3, 0.4) is 0 Å². The lowest BCUT2D eigenvalue weighted by molar-refractivity contribution is -0.125. The van der Waals surface area contributed by atoms with Gasteiger partial charge in [-0.15, -0.1) is 0 Å². The van der Waals surface area contributed by atoms with Crippen LogP contribution in [0.1, 0.15) is 24.5 Å². The Bertz CT molecular complexity index is 804. The van der Waals surface area contributed by atoms with Gasteiger partial charge in [-0.25, -0.2) is 0 Å². The van der Waals surface area contributed by atoms with Crippen molar-refractivity contribution in [2.75, 3.05) is 10.2 Å². The van der Waals surface area contributed by atoms with Crippen LogP contribution in [0.4, 0.5) is 11.4 Å². The van der Waals surface area contributed by atoms with Crippen molar-refractivity contribution < 1.29 is 9.59 Å². The van der Waals surface area contributed by atoms with Crippen LogP contribution < -0.4 is 10.2 Å². The van der Waals surface area contributed by atoms with Gasteiger partial charge >= 0.3 is 0 Å². The summed E-state index contributed by atoms with van der Waals surface area (Å²) >= 11 is 6.06. The molecule has 0 saturated carbocycles. The maximum Gasteiger partial charge on any atom is 0.236 e. The van der Waals surface area contributed by atoms with E-state index < -0.39 is 0 Å². The first-order valence-corrected chi connectivity index (χ1v) is 8.30. The fourth-order valence-corrected chi connectivity index (χ4v) is 3.28. The van der Waals surface area contributed by atoms with E-state index in [-0.39, 0.29) is 24.3 Å². The highest BCUT2D eigenvalue weighted by Gasteiger charge is 2.31. The summed E-state index contributed by atoms with van der Waals surface area (Å²) in [6, 6.07) is 13.2. The predicted octanol–water partition coefficient (Wildman–Crippen LogP) is 3.95. The van der Waals surface area contributed by atoms with Crippen molar-refractivity contribution in [3.63, 3.8) is 0 Å². The van der Waals surface area contributed by atoms with E-state index in [0.29, 0.717) is 10.7 Å². The quantitative estimate of drug-likeness (QED) is 0.858. The van der Waals surface area contributed by atoms with Crippen molar-refractivity contribution in [2.24, 2.45) is 0 Å². The van der Waals surface area contributed by atoms with E-state index >= 15 is 0 Å². The summed E-state index contributed by atoms with van der Waals surface area (Å²) in [4.78, 5) is 26.6. The molecule has 0 saturated heterocycles. The summed E-state index contributed by atoms with van der Waals surface area (Å²) in [5.74, 6) is -0.522. The topological polar surface area (TPSA) is 49.4 Å². The van der Waals surface area contributed by atoms with Crippen LogP contribution in [0.2, 0.25) is 5.02 Å². The van der Waals surface area contributed by atoms with Gasteiger partial charge in [0.2, 0.25) is 11.8 Å². The van der Waals surface area contributed by atoms with Crippen LogP contribution >= 0.6 is 11.6 Å². The molecule has 3 rings (SSSR count). The van der Waals surface area contributed by atoms with Crippen molar-refractivity contribution in [2.45, 2.75) is 32.7 Å². The molecule has 124 valence electrons. The molecule has 1 aliphatic heterocycles. The van der Waals surface area contributed by atoms with Gasteiger partial charge in [0.1, 0.15) is 6.42 Å². The van der Waals surface area contributed by atoms with E-state index in [1.54, 1.807) is 23.1 Å². The number of anilines is 2. The zero-order valence-corrected chi connectivity index (χ0v) is 14.4. The minimum absolute atomic E-state index is 0.0654. The van der Waals surface area contributed by atoms with Gasteiger partial charge in [-0.2, -0.15) is 0 Å². The fraction of sp³-hybridized carbons (Fsp3) is 0.263. The Labute approximate surface area is 146 Å².